The van der Waals surface area contributed by atoms with Crippen LogP contribution >= 0.6 is 27.3 Å². The number of thiazole rings is 1. The summed E-state index contributed by atoms with van der Waals surface area (Å²) in [5, 5.41) is 4.57. The molecule has 1 fully saturated rings. The minimum absolute atomic E-state index is 0.210. The van der Waals surface area contributed by atoms with Gasteiger partial charge >= 0.3 is 0 Å². The number of carbonyl (C=O) groups excluding carboxylic acids is 1. The van der Waals surface area contributed by atoms with Crippen LogP contribution in [-0.2, 0) is 0 Å². The molecule has 4 rings (SSSR count). The second-order valence-corrected chi connectivity index (χ2v) is 9.33. The SMILES string of the molecule is Cc1sc(C(=O)C[C@@H]2[C@H](N)CCCC2(F)F)nc1-c1cnn2cc(Br)ccc12. The molecule has 1 aliphatic rings. The third-order valence-electron chi connectivity index (χ3n) is 5.28. The molecule has 3 heterocycles. The van der Waals surface area contributed by atoms with E-state index in [0.717, 1.165) is 20.4 Å². The zero-order valence-electron chi connectivity index (χ0n) is 15.2. The van der Waals surface area contributed by atoms with Crippen molar-refractivity contribution in [1.82, 2.24) is 14.6 Å². The van der Waals surface area contributed by atoms with Gasteiger partial charge in [0.05, 0.1) is 17.4 Å². The number of Topliss-reactive ketones (excluding diaryl/α,β-unsaturated/α-hetero) is 1. The number of alkyl halides is 2. The molecule has 0 amide bonds. The standard InChI is InChI=1S/C19H19BrF2N4OS/c1-10-17(12-8-24-26-9-11(20)4-5-15(12)26)25-18(28-10)16(27)7-13-14(23)3-2-6-19(13,21)22/h4-5,8-9,13-14H,2-3,6-7,23H2,1H3/t13-,14-/m1/s1. The summed E-state index contributed by atoms with van der Waals surface area (Å²) in [6.45, 7) is 1.87. The summed E-state index contributed by atoms with van der Waals surface area (Å²) in [5.74, 6) is -4.41. The smallest absolute Gasteiger partial charge is 0.252 e. The lowest BCUT2D eigenvalue weighted by atomic mass is 9.79. The zero-order valence-corrected chi connectivity index (χ0v) is 17.6. The number of rotatable bonds is 4. The van der Waals surface area contributed by atoms with E-state index in [1.807, 2.05) is 25.3 Å². The number of nitrogens with zero attached hydrogens (tertiary/aromatic N) is 3. The number of hydrogen-bond acceptors (Lipinski definition) is 5. The molecule has 1 saturated carbocycles. The van der Waals surface area contributed by atoms with Crippen molar-refractivity contribution in [2.24, 2.45) is 11.7 Å². The van der Waals surface area contributed by atoms with Crippen molar-refractivity contribution in [1.29, 1.82) is 0 Å². The van der Waals surface area contributed by atoms with E-state index in [1.165, 1.54) is 11.3 Å². The van der Waals surface area contributed by atoms with Gasteiger partial charge in [0.25, 0.3) is 5.92 Å². The highest BCUT2D eigenvalue weighted by Gasteiger charge is 2.46. The normalized spacial score (nSPS) is 21.9. The van der Waals surface area contributed by atoms with Crippen molar-refractivity contribution < 1.29 is 13.6 Å². The van der Waals surface area contributed by atoms with Crippen molar-refractivity contribution in [2.75, 3.05) is 0 Å². The maximum Gasteiger partial charge on any atom is 0.252 e. The summed E-state index contributed by atoms with van der Waals surface area (Å²) in [4.78, 5) is 18.1. The summed E-state index contributed by atoms with van der Waals surface area (Å²) >= 11 is 4.64. The highest BCUT2D eigenvalue weighted by atomic mass is 79.9. The highest BCUT2D eigenvalue weighted by molar-refractivity contribution is 9.10. The van der Waals surface area contributed by atoms with Gasteiger partial charge in [0, 0.05) is 45.9 Å². The Morgan fingerprint density at radius 2 is 2.25 bits per heavy atom. The van der Waals surface area contributed by atoms with E-state index < -0.39 is 17.9 Å². The van der Waals surface area contributed by atoms with E-state index in [-0.39, 0.29) is 23.6 Å². The second-order valence-electron chi connectivity index (χ2n) is 7.21. The van der Waals surface area contributed by atoms with Crippen molar-refractivity contribution in [3.8, 4) is 11.3 Å². The topological polar surface area (TPSA) is 73.3 Å². The molecule has 0 aromatic carbocycles. The molecule has 3 aromatic rings. The van der Waals surface area contributed by atoms with Gasteiger partial charge in [-0.15, -0.1) is 11.3 Å². The molecule has 0 unspecified atom stereocenters. The maximum atomic E-state index is 14.2. The fourth-order valence-corrected chi connectivity index (χ4v) is 4.97. The van der Waals surface area contributed by atoms with Crippen molar-refractivity contribution in [3.05, 3.63) is 38.9 Å². The molecular weight excluding hydrogens is 450 g/mol. The van der Waals surface area contributed by atoms with Crippen molar-refractivity contribution in [2.45, 2.75) is 44.6 Å². The van der Waals surface area contributed by atoms with Gasteiger partial charge in [0.1, 0.15) is 0 Å². The third-order valence-corrected chi connectivity index (χ3v) is 6.76. The lowest BCUT2D eigenvalue weighted by molar-refractivity contribution is -0.0923. The van der Waals surface area contributed by atoms with Crippen LogP contribution in [0.3, 0.4) is 0 Å². The Morgan fingerprint density at radius 1 is 1.46 bits per heavy atom. The molecule has 0 aliphatic heterocycles. The number of hydrogen-bond donors (Lipinski definition) is 1. The van der Waals surface area contributed by atoms with Crippen LogP contribution in [0.5, 0.6) is 0 Å². The highest BCUT2D eigenvalue weighted by Crippen LogP contribution is 2.41. The molecule has 1 aliphatic carbocycles. The molecule has 2 N–H and O–H groups in total. The van der Waals surface area contributed by atoms with Gasteiger partial charge in [0.2, 0.25) is 0 Å². The fraction of sp³-hybridized carbons (Fsp3) is 0.421. The molecule has 0 radical (unpaired) electrons. The average molecular weight is 469 g/mol. The molecule has 148 valence electrons. The number of aromatic nitrogens is 3. The monoisotopic (exact) mass is 468 g/mol. The Balaban J connectivity index is 1.63. The van der Waals surface area contributed by atoms with Gasteiger partial charge in [-0.2, -0.15) is 5.10 Å². The van der Waals surface area contributed by atoms with Gasteiger partial charge in [-0.3, -0.25) is 4.79 Å². The van der Waals surface area contributed by atoms with Crippen LogP contribution < -0.4 is 5.73 Å². The third kappa shape index (κ3) is 3.51. The molecule has 0 saturated heterocycles. The minimum Gasteiger partial charge on any atom is -0.327 e. The molecule has 2 atom stereocenters. The molecule has 0 bridgehead atoms. The minimum atomic E-state index is -2.90. The van der Waals surface area contributed by atoms with E-state index in [1.54, 1.807) is 10.7 Å². The molecule has 5 nitrogen and oxygen atoms in total. The van der Waals surface area contributed by atoms with Crippen molar-refractivity contribution in [3.63, 3.8) is 0 Å². The average Bonchev–Trinajstić information content (AvgIpc) is 3.20. The number of halogens is 3. The number of carbonyl (C=O) groups is 1. The molecule has 28 heavy (non-hydrogen) atoms. The van der Waals surface area contributed by atoms with Crippen LogP contribution in [0.4, 0.5) is 8.78 Å². The van der Waals surface area contributed by atoms with Crippen LogP contribution in [0.15, 0.2) is 29.0 Å². The van der Waals surface area contributed by atoms with Crippen LogP contribution in [0.2, 0.25) is 0 Å². The number of aryl methyl sites for hydroxylation is 1. The Bertz CT molecular complexity index is 1050. The Hall–Kier alpha value is -1.71. The van der Waals surface area contributed by atoms with Gasteiger partial charge in [-0.25, -0.2) is 18.3 Å². The van der Waals surface area contributed by atoms with Crippen LogP contribution in [0.25, 0.3) is 16.8 Å². The molecule has 3 aromatic heterocycles. The predicted molar refractivity (Wildman–Crippen MR) is 108 cm³/mol. The summed E-state index contributed by atoms with van der Waals surface area (Å²) < 4.78 is 31.1. The predicted octanol–water partition coefficient (Wildman–Crippen LogP) is 4.86. The van der Waals surface area contributed by atoms with Crippen LogP contribution in [0.1, 0.15) is 40.4 Å². The summed E-state index contributed by atoms with van der Waals surface area (Å²) in [5.41, 5.74) is 8.22. The van der Waals surface area contributed by atoms with E-state index in [9.17, 15) is 13.6 Å². The molecule has 9 heteroatoms. The van der Waals surface area contributed by atoms with Crippen LogP contribution in [0, 0.1) is 12.8 Å². The summed E-state index contributed by atoms with van der Waals surface area (Å²) in [6.07, 6.45) is 3.96. The lowest BCUT2D eigenvalue weighted by Gasteiger charge is -2.35. The quantitative estimate of drug-likeness (QED) is 0.554. The Kier molecular flexibility index (Phi) is 5.09. The van der Waals surface area contributed by atoms with E-state index in [0.29, 0.717) is 18.5 Å². The number of fused-ring (bicyclic) bond motifs is 1. The second kappa shape index (κ2) is 7.27. The maximum absolute atomic E-state index is 14.2. The van der Waals surface area contributed by atoms with E-state index in [2.05, 4.69) is 26.0 Å². The van der Waals surface area contributed by atoms with E-state index in [4.69, 9.17) is 5.73 Å². The first-order valence-electron chi connectivity index (χ1n) is 9.03. The first-order valence-corrected chi connectivity index (χ1v) is 10.6. The summed E-state index contributed by atoms with van der Waals surface area (Å²) in [6, 6.07) is 3.15. The van der Waals surface area contributed by atoms with Gasteiger partial charge in [-0.05, 0) is 47.8 Å². The van der Waals surface area contributed by atoms with Gasteiger partial charge < -0.3 is 5.73 Å². The number of nitrogens with two attached hydrogens (primary N) is 1. The molecule has 0 spiro atoms. The fourth-order valence-electron chi connectivity index (χ4n) is 3.77. The first-order chi connectivity index (χ1) is 13.3. The lowest BCUT2D eigenvalue weighted by Crippen LogP contribution is -2.46. The zero-order chi connectivity index (χ0) is 20.1. The molecular formula is C19H19BrF2N4OS. The first kappa shape index (κ1) is 19.6. The number of ketones is 1. The van der Waals surface area contributed by atoms with Gasteiger partial charge in [-0.1, -0.05) is 0 Å². The van der Waals surface area contributed by atoms with E-state index >= 15 is 0 Å². The van der Waals surface area contributed by atoms with Crippen molar-refractivity contribution >= 4 is 38.6 Å². The summed E-state index contributed by atoms with van der Waals surface area (Å²) in [7, 11) is 0. The Morgan fingerprint density at radius 3 is 3.00 bits per heavy atom. The number of pyridine rings is 1. The van der Waals surface area contributed by atoms with Crippen LogP contribution in [-0.4, -0.2) is 32.3 Å². The van der Waals surface area contributed by atoms with Gasteiger partial charge in [0.15, 0.2) is 10.8 Å². The Labute approximate surface area is 173 Å². The largest absolute Gasteiger partial charge is 0.327 e.